The molecule has 1 amide bonds. The van der Waals surface area contributed by atoms with Gasteiger partial charge in [-0.15, -0.1) is 0 Å². The number of likely N-dealkylation sites (tertiary alicyclic amines) is 1. The number of hydrogen-bond acceptors (Lipinski definition) is 6. The molecule has 0 N–H and O–H groups in total. The smallest absolute Gasteiger partial charge is 0.275 e. The van der Waals surface area contributed by atoms with Crippen molar-refractivity contribution in [2.24, 2.45) is 5.41 Å². The quantitative estimate of drug-likeness (QED) is 0.711. The van der Waals surface area contributed by atoms with Crippen LogP contribution in [0.1, 0.15) is 29.0 Å². The van der Waals surface area contributed by atoms with E-state index >= 15 is 0 Å². The van der Waals surface area contributed by atoms with E-state index in [1.165, 1.54) is 6.26 Å². The molecule has 3 aromatic rings. The molecule has 0 saturated carbocycles. The summed E-state index contributed by atoms with van der Waals surface area (Å²) in [6.07, 6.45) is 1.71. The molecule has 1 aliphatic heterocycles. The Morgan fingerprint density at radius 2 is 2.00 bits per heavy atom. The number of nitrogens with zero attached hydrogens (tertiary/aromatic N) is 5. The van der Waals surface area contributed by atoms with Crippen molar-refractivity contribution < 1.29 is 9.21 Å². The summed E-state index contributed by atoms with van der Waals surface area (Å²) in [5, 5.41) is 17.5. The largest absolute Gasteiger partial charge is 0.448 e. The average molecular weight is 359 g/mol. The Bertz CT molecular complexity index is 999. The summed E-state index contributed by atoms with van der Waals surface area (Å²) in [4.78, 5) is 18.2. The van der Waals surface area contributed by atoms with E-state index in [9.17, 15) is 4.79 Å². The lowest BCUT2D eigenvalue weighted by Crippen LogP contribution is -2.56. The Balaban J connectivity index is 1.41. The molecule has 27 heavy (non-hydrogen) atoms. The third-order valence-corrected chi connectivity index (χ3v) is 4.53. The van der Waals surface area contributed by atoms with E-state index in [1.54, 1.807) is 4.90 Å². The van der Waals surface area contributed by atoms with Gasteiger partial charge in [0.25, 0.3) is 5.91 Å². The number of nitriles is 1. The van der Waals surface area contributed by atoms with Gasteiger partial charge in [0.15, 0.2) is 5.69 Å². The second kappa shape index (κ2) is 6.65. The van der Waals surface area contributed by atoms with Gasteiger partial charge >= 0.3 is 0 Å². The normalized spacial score (nSPS) is 15.0. The van der Waals surface area contributed by atoms with Crippen LogP contribution in [-0.4, -0.2) is 39.1 Å². The van der Waals surface area contributed by atoms with Gasteiger partial charge in [-0.1, -0.05) is 30.3 Å². The highest BCUT2D eigenvalue weighted by molar-refractivity contribution is 5.92. The number of carbonyl (C=O) groups is 1. The molecular weight excluding hydrogens is 342 g/mol. The summed E-state index contributed by atoms with van der Waals surface area (Å²) in [5.74, 6) is 0.187. The number of carbonyl (C=O) groups excluding carboxylic acids is 1. The van der Waals surface area contributed by atoms with Crippen LogP contribution in [0.5, 0.6) is 0 Å². The first-order valence-electron chi connectivity index (χ1n) is 8.59. The molecular formula is C20H17N5O2. The maximum Gasteiger partial charge on any atom is 0.275 e. The summed E-state index contributed by atoms with van der Waals surface area (Å²) in [6, 6.07) is 15.8. The van der Waals surface area contributed by atoms with Gasteiger partial charge in [-0.05, 0) is 19.1 Å². The van der Waals surface area contributed by atoms with Crippen molar-refractivity contribution in [3.05, 3.63) is 66.0 Å². The first kappa shape index (κ1) is 16.9. The van der Waals surface area contributed by atoms with E-state index in [0.717, 1.165) is 11.3 Å². The number of rotatable bonds is 4. The van der Waals surface area contributed by atoms with Gasteiger partial charge in [-0.3, -0.25) is 4.79 Å². The molecule has 4 rings (SSSR count). The second-order valence-electron chi connectivity index (χ2n) is 6.91. The van der Waals surface area contributed by atoms with Gasteiger partial charge < -0.3 is 9.32 Å². The molecule has 1 saturated heterocycles. The van der Waals surface area contributed by atoms with Crippen molar-refractivity contribution in [2.45, 2.75) is 13.3 Å². The molecule has 7 heteroatoms. The van der Waals surface area contributed by atoms with Crippen molar-refractivity contribution in [1.29, 1.82) is 5.26 Å². The topological polar surface area (TPSA) is 95.9 Å². The fourth-order valence-corrected chi connectivity index (χ4v) is 3.03. The molecule has 0 unspecified atom stereocenters. The van der Waals surface area contributed by atoms with Gasteiger partial charge in [-0.25, -0.2) is 4.98 Å². The molecule has 134 valence electrons. The molecule has 0 atom stereocenters. The van der Waals surface area contributed by atoms with Gasteiger partial charge in [0, 0.05) is 18.7 Å². The van der Waals surface area contributed by atoms with Crippen molar-refractivity contribution in [1.82, 2.24) is 20.1 Å². The molecule has 0 aliphatic carbocycles. The molecule has 7 nitrogen and oxygen atoms in total. The minimum absolute atomic E-state index is 0.219. The summed E-state index contributed by atoms with van der Waals surface area (Å²) in [5.41, 5.74) is 2.29. The van der Waals surface area contributed by atoms with Gasteiger partial charge in [0.2, 0.25) is 5.89 Å². The lowest BCUT2D eigenvalue weighted by Gasteiger charge is -2.42. The second-order valence-corrected chi connectivity index (χ2v) is 6.91. The molecule has 1 aliphatic rings. The monoisotopic (exact) mass is 359 g/mol. The van der Waals surface area contributed by atoms with Crippen LogP contribution >= 0.6 is 0 Å². The van der Waals surface area contributed by atoms with Crippen molar-refractivity contribution >= 4 is 5.91 Å². The van der Waals surface area contributed by atoms with E-state index in [2.05, 4.69) is 21.3 Å². The third kappa shape index (κ3) is 3.42. The fourth-order valence-electron chi connectivity index (χ4n) is 3.03. The Morgan fingerprint density at radius 1 is 1.22 bits per heavy atom. The van der Waals surface area contributed by atoms with E-state index in [1.807, 2.05) is 49.4 Å². The zero-order valence-corrected chi connectivity index (χ0v) is 14.8. The van der Waals surface area contributed by atoms with Crippen LogP contribution in [0.4, 0.5) is 0 Å². The highest BCUT2D eigenvalue weighted by atomic mass is 16.3. The zero-order chi connectivity index (χ0) is 18.9. The van der Waals surface area contributed by atoms with Crippen LogP contribution in [-0.2, 0) is 6.42 Å². The van der Waals surface area contributed by atoms with Crippen molar-refractivity contribution in [3.63, 3.8) is 0 Å². The molecule has 3 heterocycles. The van der Waals surface area contributed by atoms with E-state index in [0.29, 0.717) is 31.1 Å². The van der Waals surface area contributed by atoms with Crippen LogP contribution < -0.4 is 0 Å². The molecule has 0 radical (unpaired) electrons. The molecule has 1 aromatic carbocycles. The first-order valence-corrected chi connectivity index (χ1v) is 8.59. The van der Waals surface area contributed by atoms with Gasteiger partial charge in [-0.2, -0.15) is 15.5 Å². The number of hydrogen-bond donors (Lipinski definition) is 0. The number of oxazole rings is 1. The number of amides is 1. The zero-order valence-electron chi connectivity index (χ0n) is 14.8. The summed E-state index contributed by atoms with van der Waals surface area (Å²) in [6.45, 7) is 2.66. The van der Waals surface area contributed by atoms with Gasteiger partial charge in [0.1, 0.15) is 6.26 Å². The van der Waals surface area contributed by atoms with Crippen molar-refractivity contribution in [2.75, 3.05) is 13.1 Å². The average Bonchev–Trinajstić information content (AvgIpc) is 3.15. The molecule has 0 spiro atoms. The highest BCUT2D eigenvalue weighted by Gasteiger charge is 2.42. The van der Waals surface area contributed by atoms with Crippen LogP contribution in [0, 0.1) is 16.7 Å². The first-order chi connectivity index (χ1) is 13.1. The fraction of sp³-hybridized carbons (Fsp3) is 0.250. The minimum atomic E-state index is -0.460. The maximum atomic E-state index is 12.4. The molecule has 0 bridgehead atoms. The Morgan fingerprint density at radius 3 is 2.67 bits per heavy atom. The summed E-state index contributed by atoms with van der Waals surface area (Å²) in [7, 11) is 0. The summed E-state index contributed by atoms with van der Waals surface area (Å²) >= 11 is 0. The van der Waals surface area contributed by atoms with Gasteiger partial charge in [0.05, 0.1) is 29.3 Å². The van der Waals surface area contributed by atoms with E-state index in [4.69, 9.17) is 9.68 Å². The van der Waals surface area contributed by atoms with Crippen LogP contribution in [0.25, 0.3) is 11.3 Å². The Kier molecular flexibility index (Phi) is 4.16. The Labute approximate surface area is 156 Å². The van der Waals surface area contributed by atoms with Crippen LogP contribution in [0.2, 0.25) is 0 Å². The number of aromatic nitrogens is 3. The van der Waals surface area contributed by atoms with E-state index < -0.39 is 5.41 Å². The lowest BCUT2D eigenvalue weighted by molar-refractivity contribution is 0.0363. The highest BCUT2D eigenvalue weighted by Crippen LogP contribution is 2.29. The predicted octanol–water partition coefficient (Wildman–Crippen LogP) is 2.71. The molecule has 2 aromatic heterocycles. The van der Waals surface area contributed by atoms with Crippen LogP contribution in [0.15, 0.2) is 53.1 Å². The standard InChI is InChI=1S/C20H17N5O2/c1-20(11-21)12-25(13-20)19(26)17-10-27-18(22-17)9-15-7-8-16(24-23-15)14-5-3-2-4-6-14/h2-8,10H,9,12-13H2,1H3. The number of benzene rings is 1. The minimum Gasteiger partial charge on any atom is -0.448 e. The third-order valence-electron chi connectivity index (χ3n) is 4.53. The summed E-state index contributed by atoms with van der Waals surface area (Å²) < 4.78 is 5.41. The molecule has 1 fully saturated rings. The predicted molar refractivity (Wildman–Crippen MR) is 96.4 cm³/mol. The van der Waals surface area contributed by atoms with E-state index in [-0.39, 0.29) is 11.6 Å². The van der Waals surface area contributed by atoms with Crippen LogP contribution in [0.3, 0.4) is 0 Å². The lowest BCUT2D eigenvalue weighted by atomic mass is 9.83. The van der Waals surface area contributed by atoms with Crippen molar-refractivity contribution in [3.8, 4) is 17.3 Å². The maximum absolute atomic E-state index is 12.4. The Hall–Kier alpha value is -3.53. The SMILES string of the molecule is CC1(C#N)CN(C(=O)c2coc(Cc3ccc(-c4ccccc4)nn3)n2)C1.